The van der Waals surface area contributed by atoms with Crippen molar-refractivity contribution >= 4 is 0 Å². The molecular formula is C13H16F3NO. The summed E-state index contributed by atoms with van der Waals surface area (Å²) in [5.41, 5.74) is -0.121. The zero-order valence-corrected chi connectivity index (χ0v) is 10.1. The number of rotatable bonds is 2. The van der Waals surface area contributed by atoms with Crippen LogP contribution in [0.25, 0.3) is 0 Å². The van der Waals surface area contributed by atoms with Crippen LogP contribution < -0.4 is 5.32 Å². The van der Waals surface area contributed by atoms with E-state index in [2.05, 4.69) is 5.32 Å². The summed E-state index contributed by atoms with van der Waals surface area (Å²) in [6.07, 6.45) is -3.29. The highest BCUT2D eigenvalue weighted by molar-refractivity contribution is 5.33. The average molecular weight is 259 g/mol. The Morgan fingerprint density at radius 3 is 2.61 bits per heavy atom. The summed E-state index contributed by atoms with van der Waals surface area (Å²) in [7, 11) is 0. The van der Waals surface area contributed by atoms with Crippen LogP contribution >= 0.6 is 0 Å². The van der Waals surface area contributed by atoms with Gasteiger partial charge >= 0.3 is 6.18 Å². The fourth-order valence-corrected chi connectivity index (χ4v) is 2.31. The lowest BCUT2D eigenvalue weighted by Crippen LogP contribution is -2.34. The van der Waals surface area contributed by atoms with Crippen molar-refractivity contribution in [1.82, 2.24) is 5.32 Å². The minimum absolute atomic E-state index is 0.393. The number of β-amino-alcohol motifs (C(OH)–C–C–N with tert-alkyl or cyclic N) is 1. The minimum Gasteiger partial charge on any atom is -0.388 e. The number of benzene rings is 1. The van der Waals surface area contributed by atoms with Crippen molar-refractivity contribution in [2.75, 3.05) is 13.1 Å². The molecule has 0 radical (unpaired) electrons. The van der Waals surface area contributed by atoms with E-state index in [9.17, 15) is 18.3 Å². The van der Waals surface area contributed by atoms with Gasteiger partial charge < -0.3 is 10.4 Å². The van der Waals surface area contributed by atoms with Gasteiger partial charge in [0, 0.05) is 13.0 Å². The monoisotopic (exact) mass is 259 g/mol. The van der Waals surface area contributed by atoms with Crippen molar-refractivity contribution in [1.29, 1.82) is 0 Å². The first-order valence-electron chi connectivity index (χ1n) is 5.90. The SMILES string of the molecule is Cc1cc(C(F)(F)F)ccc1CC1(O)CCNC1. The van der Waals surface area contributed by atoms with Crippen molar-refractivity contribution in [2.45, 2.75) is 31.5 Å². The first-order valence-corrected chi connectivity index (χ1v) is 5.90. The van der Waals surface area contributed by atoms with Crippen LogP contribution in [0.3, 0.4) is 0 Å². The molecule has 1 aromatic rings. The van der Waals surface area contributed by atoms with E-state index in [0.717, 1.165) is 24.2 Å². The van der Waals surface area contributed by atoms with Crippen LogP contribution in [0.1, 0.15) is 23.1 Å². The summed E-state index contributed by atoms with van der Waals surface area (Å²) in [5, 5.41) is 13.3. The Morgan fingerprint density at radius 2 is 2.11 bits per heavy atom. The van der Waals surface area contributed by atoms with E-state index < -0.39 is 17.3 Å². The standard InChI is InChI=1S/C13H16F3NO/c1-9-6-11(13(14,15)16)3-2-10(9)7-12(18)4-5-17-8-12/h2-3,6,17-18H,4-5,7-8H2,1H3. The molecule has 0 spiro atoms. The second-order valence-corrected chi connectivity index (χ2v) is 4.97. The molecule has 1 aromatic carbocycles. The maximum absolute atomic E-state index is 12.5. The molecule has 0 amide bonds. The molecule has 1 heterocycles. The number of hydrogen-bond donors (Lipinski definition) is 2. The number of alkyl halides is 3. The molecule has 1 saturated heterocycles. The first kappa shape index (κ1) is 13.4. The summed E-state index contributed by atoms with van der Waals surface area (Å²) in [6.45, 7) is 2.89. The minimum atomic E-state index is -4.31. The molecule has 5 heteroatoms. The van der Waals surface area contributed by atoms with Gasteiger partial charge in [0.25, 0.3) is 0 Å². The van der Waals surface area contributed by atoms with E-state index in [4.69, 9.17) is 0 Å². The molecule has 2 N–H and O–H groups in total. The van der Waals surface area contributed by atoms with Crippen LogP contribution in [-0.2, 0) is 12.6 Å². The third-order valence-electron chi connectivity index (χ3n) is 3.41. The van der Waals surface area contributed by atoms with Gasteiger partial charge in [-0.05, 0) is 43.1 Å². The van der Waals surface area contributed by atoms with Crippen LogP contribution in [0.4, 0.5) is 13.2 Å². The zero-order valence-electron chi connectivity index (χ0n) is 10.1. The fourth-order valence-electron chi connectivity index (χ4n) is 2.31. The van der Waals surface area contributed by atoms with Crippen LogP contribution in [0.2, 0.25) is 0 Å². The second-order valence-electron chi connectivity index (χ2n) is 4.97. The van der Waals surface area contributed by atoms with Crippen molar-refractivity contribution in [3.05, 3.63) is 34.9 Å². The third kappa shape index (κ3) is 2.84. The van der Waals surface area contributed by atoms with Crippen LogP contribution in [0, 0.1) is 6.92 Å². The zero-order chi connectivity index (χ0) is 13.4. The molecule has 1 unspecified atom stereocenters. The Labute approximate surface area is 104 Å². The van der Waals surface area contributed by atoms with E-state index in [1.807, 2.05) is 0 Å². The third-order valence-corrected chi connectivity index (χ3v) is 3.41. The van der Waals surface area contributed by atoms with Gasteiger partial charge in [-0.25, -0.2) is 0 Å². The predicted molar refractivity (Wildman–Crippen MR) is 62.3 cm³/mol. The van der Waals surface area contributed by atoms with Crippen molar-refractivity contribution in [3.63, 3.8) is 0 Å². The van der Waals surface area contributed by atoms with Gasteiger partial charge in [0.05, 0.1) is 11.2 Å². The highest BCUT2D eigenvalue weighted by Gasteiger charge is 2.33. The van der Waals surface area contributed by atoms with Crippen LogP contribution in [0.15, 0.2) is 18.2 Å². The first-order chi connectivity index (χ1) is 8.30. The average Bonchev–Trinajstić information content (AvgIpc) is 2.67. The number of hydrogen-bond acceptors (Lipinski definition) is 2. The molecule has 1 atom stereocenters. The van der Waals surface area contributed by atoms with Gasteiger partial charge in [-0.15, -0.1) is 0 Å². The second kappa shape index (κ2) is 4.55. The molecule has 0 saturated carbocycles. The number of aryl methyl sites for hydroxylation is 1. The fraction of sp³-hybridized carbons (Fsp3) is 0.538. The number of aliphatic hydroxyl groups is 1. The van der Waals surface area contributed by atoms with Gasteiger partial charge in [-0.2, -0.15) is 13.2 Å². The summed E-state index contributed by atoms with van der Waals surface area (Å²) in [4.78, 5) is 0. The van der Waals surface area contributed by atoms with Gasteiger partial charge in [0.15, 0.2) is 0 Å². The highest BCUT2D eigenvalue weighted by Crippen LogP contribution is 2.31. The molecule has 1 aliphatic heterocycles. The van der Waals surface area contributed by atoms with E-state index >= 15 is 0 Å². The molecule has 100 valence electrons. The maximum Gasteiger partial charge on any atom is 0.416 e. The van der Waals surface area contributed by atoms with Gasteiger partial charge in [0.1, 0.15) is 0 Å². The van der Waals surface area contributed by atoms with Crippen molar-refractivity contribution in [2.24, 2.45) is 0 Å². The topological polar surface area (TPSA) is 32.3 Å². The van der Waals surface area contributed by atoms with E-state index in [0.29, 0.717) is 24.9 Å². The van der Waals surface area contributed by atoms with E-state index in [-0.39, 0.29) is 0 Å². The lowest BCUT2D eigenvalue weighted by atomic mass is 9.90. The molecule has 1 fully saturated rings. The van der Waals surface area contributed by atoms with E-state index in [1.165, 1.54) is 6.07 Å². The van der Waals surface area contributed by atoms with Gasteiger partial charge in [-0.3, -0.25) is 0 Å². The largest absolute Gasteiger partial charge is 0.416 e. The van der Waals surface area contributed by atoms with Crippen LogP contribution in [0.5, 0.6) is 0 Å². The van der Waals surface area contributed by atoms with Crippen molar-refractivity contribution in [3.8, 4) is 0 Å². The van der Waals surface area contributed by atoms with Crippen LogP contribution in [-0.4, -0.2) is 23.8 Å². The molecule has 2 nitrogen and oxygen atoms in total. The van der Waals surface area contributed by atoms with Gasteiger partial charge in [0.2, 0.25) is 0 Å². The lowest BCUT2D eigenvalue weighted by Gasteiger charge is -2.22. The Balaban J connectivity index is 2.20. The lowest BCUT2D eigenvalue weighted by molar-refractivity contribution is -0.137. The molecule has 2 rings (SSSR count). The summed E-state index contributed by atoms with van der Waals surface area (Å²) in [6, 6.07) is 3.68. The highest BCUT2D eigenvalue weighted by atomic mass is 19.4. The van der Waals surface area contributed by atoms with Gasteiger partial charge in [-0.1, -0.05) is 6.07 Å². The molecular weight excluding hydrogens is 243 g/mol. The molecule has 0 aromatic heterocycles. The molecule has 0 bridgehead atoms. The molecule has 1 aliphatic rings. The van der Waals surface area contributed by atoms with E-state index in [1.54, 1.807) is 6.92 Å². The number of halogens is 3. The Kier molecular flexibility index (Phi) is 3.38. The smallest absolute Gasteiger partial charge is 0.388 e. The Morgan fingerprint density at radius 1 is 1.39 bits per heavy atom. The summed E-state index contributed by atoms with van der Waals surface area (Å²) in [5.74, 6) is 0. The Bertz CT molecular complexity index is 436. The molecule has 18 heavy (non-hydrogen) atoms. The van der Waals surface area contributed by atoms with Crippen molar-refractivity contribution < 1.29 is 18.3 Å². The predicted octanol–water partition coefficient (Wildman–Crippen LogP) is 2.28. The molecule has 0 aliphatic carbocycles. The quantitative estimate of drug-likeness (QED) is 0.854. The summed E-state index contributed by atoms with van der Waals surface area (Å²) < 4.78 is 37.6. The summed E-state index contributed by atoms with van der Waals surface area (Å²) >= 11 is 0. The normalized spacial score (nSPS) is 24.5. The maximum atomic E-state index is 12.5. The Hall–Kier alpha value is -1.07. The number of nitrogens with one attached hydrogen (secondary N) is 1.